The van der Waals surface area contributed by atoms with E-state index in [0.29, 0.717) is 11.5 Å². The van der Waals surface area contributed by atoms with Crippen molar-refractivity contribution < 1.29 is 0 Å². The molecule has 0 aliphatic carbocycles. The molecule has 0 fully saturated rings. The molecule has 0 aliphatic rings. The minimum absolute atomic E-state index is 0.584. The first-order chi connectivity index (χ1) is 8.20. The Labute approximate surface area is 105 Å². The molecule has 0 radical (unpaired) electrons. The Balaban J connectivity index is 2.27. The fraction of sp³-hybridized carbons (Fsp3) is 0.167. The number of anilines is 2. The Hall–Kier alpha value is -1.75. The molecule has 4 nitrogen and oxygen atoms in total. The summed E-state index contributed by atoms with van der Waals surface area (Å²) in [6, 6.07) is 8.25. The Morgan fingerprint density at radius 1 is 1.18 bits per heavy atom. The number of nitrogens with zero attached hydrogens (tertiary/aromatic N) is 2. The quantitative estimate of drug-likeness (QED) is 0.815. The summed E-state index contributed by atoms with van der Waals surface area (Å²) in [4.78, 5) is 9.36. The highest BCUT2D eigenvalue weighted by molar-refractivity contribution is 7.99. The van der Waals surface area contributed by atoms with Gasteiger partial charge in [-0.1, -0.05) is 29.5 Å². The summed E-state index contributed by atoms with van der Waals surface area (Å²) < 4.78 is 0. The molecule has 0 amide bonds. The monoisotopic (exact) mass is 246 g/mol. The van der Waals surface area contributed by atoms with Crippen LogP contribution >= 0.6 is 11.8 Å². The Kier molecular flexibility index (Phi) is 3.49. The van der Waals surface area contributed by atoms with E-state index in [2.05, 4.69) is 46.5 Å². The number of nitrogens with two attached hydrogens (primary N) is 1. The number of nitrogens with one attached hydrogen (secondary N) is 1. The van der Waals surface area contributed by atoms with Crippen molar-refractivity contribution in [1.29, 1.82) is 0 Å². The molecule has 0 unspecified atom stereocenters. The second-order valence-electron chi connectivity index (χ2n) is 3.61. The number of nitrogen functional groups attached to an aromatic ring is 1. The third kappa shape index (κ3) is 2.68. The van der Waals surface area contributed by atoms with Crippen molar-refractivity contribution in [2.75, 3.05) is 18.1 Å². The number of hydrogen-bond acceptors (Lipinski definition) is 5. The van der Waals surface area contributed by atoms with Crippen LogP contribution in [0.1, 0.15) is 5.56 Å². The van der Waals surface area contributed by atoms with Crippen LogP contribution in [0.4, 0.5) is 11.5 Å². The predicted octanol–water partition coefficient (Wildman–Crippen LogP) is 2.56. The van der Waals surface area contributed by atoms with Crippen molar-refractivity contribution in [3.05, 3.63) is 36.2 Å². The smallest absolute Gasteiger partial charge is 0.153 e. The molecular weight excluding hydrogens is 232 g/mol. The molecule has 0 bridgehead atoms. The van der Waals surface area contributed by atoms with Gasteiger partial charge in [0.25, 0.3) is 0 Å². The SMILES string of the molecule is CNc1ncnc(Sc2ccc(C)cc2)c1N. The molecule has 2 aromatic rings. The van der Waals surface area contributed by atoms with Crippen molar-refractivity contribution in [1.82, 2.24) is 9.97 Å². The van der Waals surface area contributed by atoms with Gasteiger partial charge in [0.1, 0.15) is 17.0 Å². The average Bonchev–Trinajstić information content (AvgIpc) is 2.35. The van der Waals surface area contributed by atoms with Gasteiger partial charge in [-0.3, -0.25) is 0 Å². The van der Waals surface area contributed by atoms with Crippen LogP contribution in [0.15, 0.2) is 40.5 Å². The van der Waals surface area contributed by atoms with E-state index in [-0.39, 0.29) is 0 Å². The summed E-state index contributed by atoms with van der Waals surface area (Å²) in [7, 11) is 1.79. The van der Waals surface area contributed by atoms with Crippen molar-refractivity contribution in [2.45, 2.75) is 16.8 Å². The molecule has 0 saturated carbocycles. The summed E-state index contributed by atoms with van der Waals surface area (Å²) in [6.07, 6.45) is 1.51. The van der Waals surface area contributed by atoms with Crippen LogP contribution in [0.2, 0.25) is 0 Å². The molecular formula is C12H14N4S. The molecule has 0 saturated heterocycles. The van der Waals surface area contributed by atoms with Crippen molar-refractivity contribution >= 4 is 23.3 Å². The molecule has 88 valence electrons. The second kappa shape index (κ2) is 5.05. The summed E-state index contributed by atoms with van der Waals surface area (Å²) in [5, 5.41) is 3.71. The van der Waals surface area contributed by atoms with Gasteiger partial charge in [0.15, 0.2) is 5.82 Å². The van der Waals surface area contributed by atoms with E-state index in [1.807, 2.05) is 0 Å². The predicted molar refractivity (Wildman–Crippen MR) is 71.3 cm³/mol. The first-order valence-electron chi connectivity index (χ1n) is 5.23. The largest absolute Gasteiger partial charge is 0.394 e. The third-order valence-electron chi connectivity index (χ3n) is 2.32. The number of hydrogen-bond donors (Lipinski definition) is 2. The Bertz CT molecular complexity index is 510. The van der Waals surface area contributed by atoms with Crippen molar-refractivity contribution in [2.24, 2.45) is 0 Å². The van der Waals surface area contributed by atoms with Crippen LogP contribution in [-0.2, 0) is 0 Å². The minimum Gasteiger partial charge on any atom is -0.394 e. The summed E-state index contributed by atoms with van der Waals surface area (Å²) in [5.41, 5.74) is 7.78. The van der Waals surface area contributed by atoms with Crippen LogP contribution in [0.5, 0.6) is 0 Å². The molecule has 5 heteroatoms. The second-order valence-corrected chi connectivity index (χ2v) is 4.67. The van der Waals surface area contributed by atoms with Gasteiger partial charge in [-0.2, -0.15) is 0 Å². The van der Waals surface area contributed by atoms with Gasteiger partial charge in [-0.15, -0.1) is 0 Å². The third-order valence-corrected chi connectivity index (χ3v) is 3.35. The number of aromatic nitrogens is 2. The van der Waals surface area contributed by atoms with E-state index >= 15 is 0 Å². The van der Waals surface area contributed by atoms with Gasteiger partial charge in [0, 0.05) is 11.9 Å². The number of benzene rings is 1. The van der Waals surface area contributed by atoms with E-state index in [9.17, 15) is 0 Å². The molecule has 0 aliphatic heterocycles. The topological polar surface area (TPSA) is 63.8 Å². The molecule has 1 aromatic carbocycles. The van der Waals surface area contributed by atoms with Gasteiger partial charge >= 0.3 is 0 Å². The molecule has 3 N–H and O–H groups in total. The Morgan fingerprint density at radius 3 is 2.53 bits per heavy atom. The van der Waals surface area contributed by atoms with Crippen molar-refractivity contribution in [3.8, 4) is 0 Å². The van der Waals surface area contributed by atoms with Gasteiger partial charge in [-0.25, -0.2) is 9.97 Å². The zero-order valence-electron chi connectivity index (χ0n) is 9.77. The Morgan fingerprint density at radius 2 is 1.88 bits per heavy atom. The maximum absolute atomic E-state index is 5.96. The highest BCUT2D eigenvalue weighted by atomic mass is 32.2. The summed E-state index contributed by atoms with van der Waals surface area (Å²) >= 11 is 1.54. The first kappa shape index (κ1) is 11.7. The van der Waals surface area contributed by atoms with Gasteiger partial charge in [-0.05, 0) is 19.1 Å². The molecule has 17 heavy (non-hydrogen) atoms. The fourth-order valence-electron chi connectivity index (χ4n) is 1.38. The zero-order chi connectivity index (χ0) is 12.3. The molecule has 2 rings (SSSR count). The average molecular weight is 246 g/mol. The van der Waals surface area contributed by atoms with Gasteiger partial charge < -0.3 is 11.1 Å². The highest BCUT2D eigenvalue weighted by Gasteiger charge is 2.07. The van der Waals surface area contributed by atoms with E-state index in [4.69, 9.17) is 5.73 Å². The maximum atomic E-state index is 5.96. The fourth-order valence-corrected chi connectivity index (χ4v) is 2.18. The lowest BCUT2D eigenvalue weighted by atomic mass is 10.2. The number of aryl methyl sites for hydroxylation is 1. The minimum atomic E-state index is 0.584. The van der Waals surface area contributed by atoms with Crippen LogP contribution in [-0.4, -0.2) is 17.0 Å². The number of rotatable bonds is 3. The van der Waals surface area contributed by atoms with Crippen molar-refractivity contribution in [3.63, 3.8) is 0 Å². The van der Waals surface area contributed by atoms with Crippen LogP contribution in [0, 0.1) is 6.92 Å². The molecule has 1 aromatic heterocycles. The van der Waals surface area contributed by atoms with Crippen LogP contribution in [0.3, 0.4) is 0 Å². The van der Waals surface area contributed by atoms with E-state index in [1.165, 1.54) is 23.7 Å². The van der Waals surface area contributed by atoms with Crippen LogP contribution < -0.4 is 11.1 Å². The standard InChI is InChI=1S/C12H14N4S/c1-8-3-5-9(6-4-8)17-12-10(13)11(14-2)15-7-16-12/h3-7H,13H2,1-2H3,(H,14,15,16). The van der Waals surface area contributed by atoms with E-state index < -0.39 is 0 Å². The lowest BCUT2D eigenvalue weighted by molar-refractivity contribution is 1.05. The lowest BCUT2D eigenvalue weighted by Crippen LogP contribution is -2.01. The lowest BCUT2D eigenvalue weighted by Gasteiger charge is -2.07. The molecule has 0 spiro atoms. The van der Waals surface area contributed by atoms with Gasteiger partial charge in [0.05, 0.1) is 0 Å². The zero-order valence-corrected chi connectivity index (χ0v) is 10.6. The first-order valence-corrected chi connectivity index (χ1v) is 6.05. The van der Waals surface area contributed by atoms with Crippen LogP contribution in [0.25, 0.3) is 0 Å². The summed E-state index contributed by atoms with van der Waals surface area (Å²) in [6.45, 7) is 2.06. The van der Waals surface area contributed by atoms with E-state index in [0.717, 1.165) is 9.92 Å². The van der Waals surface area contributed by atoms with Gasteiger partial charge in [0.2, 0.25) is 0 Å². The normalized spacial score (nSPS) is 10.2. The van der Waals surface area contributed by atoms with E-state index in [1.54, 1.807) is 7.05 Å². The molecule has 1 heterocycles. The summed E-state index contributed by atoms with van der Waals surface area (Å²) in [5.74, 6) is 0.662. The highest BCUT2D eigenvalue weighted by Crippen LogP contribution is 2.32. The molecule has 0 atom stereocenters. The maximum Gasteiger partial charge on any atom is 0.153 e.